The van der Waals surface area contributed by atoms with Gasteiger partial charge in [-0.1, -0.05) is 6.92 Å². The first-order chi connectivity index (χ1) is 8.61. The molecule has 0 amide bonds. The molecule has 0 radical (unpaired) electrons. The topological polar surface area (TPSA) is 80.9 Å². The Morgan fingerprint density at radius 2 is 2.33 bits per heavy atom. The van der Waals surface area contributed by atoms with Gasteiger partial charge in [-0.2, -0.15) is 0 Å². The van der Waals surface area contributed by atoms with E-state index < -0.39 is 5.97 Å². The molecule has 0 spiro atoms. The molecule has 2 heterocycles. The molecule has 6 nitrogen and oxygen atoms in total. The molecular weight excluding hydrogens is 252 g/mol. The van der Waals surface area contributed by atoms with E-state index in [0.29, 0.717) is 12.2 Å². The van der Waals surface area contributed by atoms with Gasteiger partial charge in [-0.15, -0.1) is 16.4 Å². The van der Waals surface area contributed by atoms with Crippen molar-refractivity contribution in [2.24, 2.45) is 0 Å². The number of tetrazole rings is 1. The fourth-order valence-corrected chi connectivity index (χ4v) is 2.61. The van der Waals surface area contributed by atoms with Crippen molar-refractivity contribution < 1.29 is 9.90 Å². The Balaban J connectivity index is 2.34. The van der Waals surface area contributed by atoms with Crippen LogP contribution in [0.3, 0.4) is 0 Å². The summed E-state index contributed by atoms with van der Waals surface area (Å²) in [6.07, 6.45) is 0.702. The van der Waals surface area contributed by atoms with Crippen LogP contribution in [0.2, 0.25) is 0 Å². The van der Waals surface area contributed by atoms with Crippen molar-refractivity contribution >= 4 is 17.3 Å². The minimum Gasteiger partial charge on any atom is -0.481 e. The predicted molar refractivity (Wildman–Crippen MR) is 67.4 cm³/mol. The Bertz CT molecular complexity index is 549. The van der Waals surface area contributed by atoms with E-state index in [2.05, 4.69) is 15.5 Å². The van der Waals surface area contributed by atoms with Crippen molar-refractivity contribution in [1.29, 1.82) is 0 Å². The summed E-state index contributed by atoms with van der Waals surface area (Å²) in [5.41, 5.74) is 0. The summed E-state index contributed by atoms with van der Waals surface area (Å²) >= 11 is 1.60. The van der Waals surface area contributed by atoms with Gasteiger partial charge in [0.1, 0.15) is 0 Å². The van der Waals surface area contributed by atoms with Crippen molar-refractivity contribution in [1.82, 2.24) is 20.2 Å². The third-order valence-electron chi connectivity index (χ3n) is 2.68. The predicted octanol–water partition coefficient (Wildman–Crippen LogP) is 2.14. The molecule has 2 aromatic rings. The van der Waals surface area contributed by atoms with Crippen LogP contribution >= 0.6 is 11.3 Å². The highest BCUT2D eigenvalue weighted by Crippen LogP contribution is 2.28. The molecule has 96 valence electrons. The summed E-state index contributed by atoms with van der Waals surface area (Å²) < 4.78 is 1.61. The van der Waals surface area contributed by atoms with E-state index in [0.717, 1.165) is 4.88 Å². The van der Waals surface area contributed by atoms with Crippen LogP contribution in [0.15, 0.2) is 12.1 Å². The first-order valence-corrected chi connectivity index (χ1v) is 6.50. The third-order valence-corrected chi connectivity index (χ3v) is 3.68. The molecule has 7 heteroatoms. The van der Waals surface area contributed by atoms with Crippen LogP contribution in [-0.2, 0) is 4.79 Å². The van der Waals surface area contributed by atoms with Crippen molar-refractivity contribution in [3.05, 3.63) is 17.0 Å². The average molecular weight is 266 g/mol. The molecule has 0 bridgehead atoms. The van der Waals surface area contributed by atoms with Crippen molar-refractivity contribution in [2.75, 3.05) is 0 Å². The van der Waals surface area contributed by atoms with Crippen molar-refractivity contribution in [3.63, 3.8) is 0 Å². The van der Waals surface area contributed by atoms with Gasteiger partial charge in [-0.05, 0) is 35.9 Å². The molecule has 0 aliphatic rings. The van der Waals surface area contributed by atoms with Gasteiger partial charge in [0.05, 0.1) is 17.3 Å². The average Bonchev–Trinajstić information content (AvgIpc) is 2.93. The monoisotopic (exact) mass is 266 g/mol. The van der Waals surface area contributed by atoms with E-state index in [9.17, 15) is 4.79 Å². The number of aryl methyl sites for hydroxylation is 1. The number of carboxylic acids is 1. The summed E-state index contributed by atoms with van der Waals surface area (Å²) in [5.74, 6) is -0.202. The summed E-state index contributed by atoms with van der Waals surface area (Å²) in [7, 11) is 0. The second kappa shape index (κ2) is 5.26. The standard InChI is InChI=1S/C11H14N4O2S/c1-3-8(6-10(16)17)15-11(12-13-14-15)9-5-4-7(2)18-9/h4-5,8H,3,6H2,1-2H3,(H,16,17). The highest BCUT2D eigenvalue weighted by molar-refractivity contribution is 7.15. The maximum Gasteiger partial charge on any atom is 0.305 e. The molecular formula is C11H14N4O2S. The molecule has 2 aromatic heterocycles. The van der Waals surface area contributed by atoms with Crippen molar-refractivity contribution in [2.45, 2.75) is 32.7 Å². The highest BCUT2D eigenvalue weighted by Gasteiger charge is 2.20. The Kier molecular flexibility index (Phi) is 3.71. The first-order valence-electron chi connectivity index (χ1n) is 5.68. The van der Waals surface area contributed by atoms with Crippen LogP contribution in [0.4, 0.5) is 0 Å². The van der Waals surface area contributed by atoms with Crippen LogP contribution in [-0.4, -0.2) is 31.3 Å². The van der Waals surface area contributed by atoms with Gasteiger partial charge >= 0.3 is 5.97 Å². The number of aliphatic carboxylic acids is 1. The Morgan fingerprint density at radius 3 is 2.89 bits per heavy atom. The molecule has 18 heavy (non-hydrogen) atoms. The number of nitrogens with zero attached hydrogens (tertiary/aromatic N) is 4. The van der Waals surface area contributed by atoms with Crippen LogP contribution in [0.5, 0.6) is 0 Å². The number of hydrogen-bond donors (Lipinski definition) is 1. The quantitative estimate of drug-likeness (QED) is 0.896. The summed E-state index contributed by atoms with van der Waals surface area (Å²) in [5, 5.41) is 20.5. The lowest BCUT2D eigenvalue weighted by Gasteiger charge is -2.13. The van der Waals surface area contributed by atoms with Gasteiger partial charge in [-0.25, -0.2) is 4.68 Å². The zero-order chi connectivity index (χ0) is 13.1. The molecule has 2 rings (SSSR count). The van der Waals surface area contributed by atoms with Gasteiger partial charge in [0.15, 0.2) is 5.82 Å². The highest BCUT2D eigenvalue weighted by atomic mass is 32.1. The second-order valence-electron chi connectivity index (χ2n) is 4.02. The number of carboxylic acid groups (broad SMARTS) is 1. The Morgan fingerprint density at radius 1 is 1.56 bits per heavy atom. The summed E-state index contributed by atoms with van der Waals surface area (Å²) in [6, 6.07) is 3.74. The SMILES string of the molecule is CCC(CC(=O)O)n1nnnc1-c1ccc(C)s1. The van der Waals surface area contributed by atoms with Gasteiger partial charge in [0.25, 0.3) is 0 Å². The van der Waals surface area contributed by atoms with E-state index in [-0.39, 0.29) is 12.5 Å². The minimum absolute atomic E-state index is 0.0267. The fourth-order valence-electron chi connectivity index (χ4n) is 1.76. The Hall–Kier alpha value is -1.76. The van der Waals surface area contributed by atoms with Gasteiger partial charge in [0.2, 0.25) is 0 Å². The molecule has 1 atom stereocenters. The van der Waals surface area contributed by atoms with E-state index >= 15 is 0 Å². The van der Waals surface area contributed by atoms with Gasteiger partial charge in [0, 0.05) is 4.88 Å². The number of rotatable bonds is 5. The molecule has 1 N–H and O–H groups in total. The normalized spacial score (nSPS) is 12.6. The molecule has 0 aromatic carbocycles. The van der Waals surface area contributed by atoms with Crippen molar-refractivity contribution in [3.8, 4) is 10.7 Å². The second-order valence-corrected chi connectivity index (χ2v) is 5.31. The summed E-state index contributed by atoms with van der Waals surface area (Å²) in [4.78, 5) is 13.0. The maximum absolute atomic E-state index is 10.8. The van der Waals surface area contributed by atoms with Crippen LogP contribution in [0.1, 0.15) is 30.7 Å². The third kappa shape index (κ3) is 2.56. The lowest BCUT2D eigenvalue weighted by Crippen LogP contribution is -2.15. The summed E-state index contributed by atoms with van der Waals surface area (Å²) in [6.45, 7) is 3.94. The zero-order valence-electron chi connectivity index (χ0n) is 10.2. The minimum atomic E-state index is -0.842. The van der Waals surface area contributed by atoms with Crippen LogP contribution in [0.25, 0.3) is 10.7 Å². The van der Waals surface area contributed by atoms with Crippen LogP contribution < -0.4 is 0 Å². The molecule has 0 saturated heterocycles. The first kappa shape index (κ1) is 12.7. The lowest BCUT2D eigenvalue weighted by molar-refractivity contribution is -0.138. The molecule has 1 unspecified atom stereocenters. The molecule has 0 aliphatic heterocycles. The van der Waals surface area contributed by atoms with Gasteiger partial charge < -0.3 is 5.11 Å². The number of aromatic nitrogens is 4. The van der Waals surface area contributed by atoms with E-state index in [1.807, 2.05) is 26.0 Å². The van der Waals surface area contributed by atoms with E-state index in [1.165, 1.54) is 4.88 Å². The largest absolute Gasteiger partial charge is 0.481 e. The Labute approximate surface area is 108 Å². The maximum atomic E-state index is 10.8. The fraction of sp³-hybridized carbons (Fsp3) is 0.455. The smallest absolute Gasteiger partial charge is 0.305 e. The van der Waals surface area contributed by atoms with E-state index in [1.54, 1.807) is 16.0 Å². The lowest BCUT2D eigenvalue weighted by atomic mass is 10.1. The van der Waals surface area contributed by atoms with Crippen LogP contribution in [0, 0.1) is 6.92 Å². The molecule has 0 aliphatic carbocycles. The molecule has 0 saturated carbocycles. The zero-order valence-corrected chi connectivity index (χ0v) is 11.0. The number of thiophene rings is 1. The molecule has 0 fully saturated rings. The van der Waals surface area contributed by atoms with Gasteiger partial charge in [-0.3, -0.25) is 4.79 Å². The number of carbonyl (C=O) groups is 1. The number of hydrogen-bond acceptors (Lipinski definition) is 5. The van der Waals surface area contributed by atoms with E-state index in [4.69, 9.17) is 5.11 Å².